The molecule has 0 aromatic carbocycles. The Morgan fingerprint density at radius 1 is 1.50 bits per heavy atom. The number of hydrogen-bond acceptors (Lipinski definition) is 4. The Balaban J connectivity index is 2.98. The van der Waals surface area contributed by atoms with Gasteiger partial charge in [-0.15, -0.1) is 0 Å². The number of aryl methyl sites for hydroxylation is 1. The molecule has 88 valence electrons. The van der Waals surface area contributed by atoms with Crippen molar-refractivity contribution in [3.63, 3.8) is 0 Å². The highest BCUT2D eigenvalue weighted by Crippen LogP contribution is 2.14. The Morgan fingerprint density at radius 3 is 2.75 bits per heavy atom. The second kappa shape index (κ2) is 6.05. The molecule has 0 N–H and O–H groups in total. The summed E-state index contributed by atoms with van der Waals surface area (Å²) in [6, 6.07) is 1.22. The van der Waals surface area contributed by atoms with Crippen LogP contribution in [0.4, 0.5) is 5.69 Å². The topological polar surface area (TPSA) is 65.1 Å². The number of rotatable bonds is 5. The van der Waals surface area contributed by atoms with E-state index in [1.54, 1.807) is 0 Å². The van der Waals surface area contributed by atoms with E-state index in [0.717, 1.165) is 18.6 Å². The van der Waals surface area contributed by atoms with Crippen LogP contribution in [-0.4, -0.2) is 15.2 Å². The summed E-state index contributed by atoms with van der Waals surface area (Å²) in [4.78, 5) is 21.7. The first kappa shape index (κ1) is 13.2. The van der Waals surface area contributed by atoms with E-state index >= 15 is 0 Å². The van der Waals surface area contributed by atoms with Crippen LogP contribution >= 0.6 is 28.6 Å². The lowest BCUT2D eigenvalue weighted by atomic mass is 10.3. The fourth-order valence-corrected chi connectivity index (χ4v) is 1.93. The predicted octanol–water partition coefficient (Wildman–Crippen LogP) is 2.23. The van der Waals surface area contributed by atoms with Crippen molar-refractivity contribution in [3.05, 3.63) is 37.2 Å². The minimum absolute atomic E-state index is 0.0858. The molecule has 0 aliphatic heterocycles. The number of halogens is 1. The van der Waals surface area contributed by atoms with Crippen LogP contribution in [0.1, 0.15) is 12.8 Å². The van der Waals surface area contributed by atoms with Gasteiger partial charge in [-0.2, -0.15) is 12.6 Å². The Labute approximate surface area is 106 Å². The summed E-state index contributed by atoms with van der Waals surface area (Å²) >= 11 is 7.08. The molecule has 0 unspecified atom stereocenters. The van der Waals surface area contributed by atoms with E-state index in [0.29, 0.717) is 6.54 Å². The summed E-state index contributed by atoms with van der Waals surface area (Å²) in [6.07, 6.45) is 2.92. The number of hydrogen-bond donors (Lipinski definition) is 1. The van der Waals surface area contributed by atoms with Gasteiger partial charge in [-0.05, 0) is 34.5 Å². The highest BCUT2D eigenvalue weighted by atomic mass is 79.9. The minimum Gasteiger partial charge on any atom is -0.308 e. The van der Waals surface area contributed by atoms with Crippen LogP contribution in [0.3, 0.4) is 0 Å². The average molecular weight is 307 g/mol. The largest absolute Gasteiger partial charge is 0.308 e. The Hall–Kier alpha value is -0.820. The summed E-state index contributed by atoms with van der Waals surface area (Å²) in [5.74, 6) is 0.741. The van der Waals surface area contributed by atoms with Crippen molar-refractivity contribution in [1.29, 1.82) is 0 Å². The van der Waals surface area contributed by atoms with E-state index in [2.05, 4.69) is 28.6 Å². The smallest absolute Gasteiger partial charge is 0.286 e. The predicted molar refractivity (Wildman–Crippen MR) is 68.1 cm³/mol. The van der Waals surface area contributed by atoms with Gasteiger partial charge in [0, 0.05) is 12.6 Å². The number of aromatic nitrogens is 1. The first-order valence-corrected chi connectivity index (χ1v) is 6.14. The van der Waals surface area contributed by atoms with Crippen LogP contribution in [0.15, 0.2) is 21.5 Å². The molecule has 1 rings (SSSR count). The van der Waals surface area contributed by atoms with Gasteiger partial charge in [0.05, 0.1) is 15.6 Å². The molecule has 0 spiro atoms. The van der Waals surface area contributed by atoms with Crippen LogP contribution in [-0.2, 0) is 6.54 Å². The third kappa shape index (κ3) is 3.34. The zero-order valence-electron chi connectivity index (χ0n) is 8.43. The van der Waals surface area contributed by atoms with E-state index in [1.807, 2.05) is 0 Å². The number of unbranched alkanes of at least 4 members (excludes halogenated alkanes) is 1. The van der Waals surface area contributed by atoms with Gasteiger partial charge in [0.15, 0.2) is 0 Å². The maximum atomic E-state index is 11.6. The summed E-state index contributed by atoms with van der Waals surface area (Å²) in [5.41, 5.74) is -0.331. The van der Waals surface area contributed by atoms with E-state index in [-0.39, 0.29) is 15.7 Å². The van der Waals surface area contributed by atoms with Gasteiger partial charge in [0.25, 0.3) is 11.2 Å². The van der Waals surface area contributed by atoms with Crippen LogP contribution in [0, 0.1) is 10.1 Å². The molecule has 0 aliphatic carbocycles. The highest BCUT2D eigenvalue weighted by Gasteiger charge is 2.11. The maximum absolute atomic E-state index is 11.6. The molecule has 0 amide bonds. The molecule has 0 saturated heterocycles. The summed E-state index contributed by atoms with van der Waals surface area (Å²) in [5, 5.41) is 10.6. The molecule has 1 heterocycles. The van der Waals surface area contributed by atoms with Crippen molar-refractivity contribution in [2.45, 2.75) is 19.4 Å². The summed E-state index contributed by atoms with van der Waals surface area (Å²) in [7, 11) is 0. The van der Waals surface area contributed by atoms with Crippen LogP contribution in [0.5, 0.6) is 0 Å². The zero-order valence-corrected chi connectivity index (χ0v) is 10.9. The molecule has 1 aromatic rings. The quantitative estimate of drug-likeness (QED) is 0.393. The van der Waals surface area contributed by atoms with E-state index in [4.69, 9.17) is 0 Å². The molecular formula is C9H11BrN2O3S. The fraction of sp³-hybridized carbons (Fsp3) is 0.444. The second-order valence-electron chi connectivity index (χ2n) is 3.23. The standard InChI is InChI=1S/C9H11BrN2O3S/c10-8-5-7(12(14)15)6-11(9(8)13)3-1-2-4-16/h5-6,16H,1-4H2. The third-order valence-corrected chi connectivity index (χ3v) is 2.93. The molecular weight excluding hydrogens is 296 g/mol. The van der Waals surface area contributed by atoms with Crippen molar-refractivity contribution >= 4 is 34.2 Å². The van der Waals surface area contributed by atoms with Gasteiger partial charge in [-0.25, -0.2) is 0 Å². The number of nitro groups is 1. The maximum Gasteiger partial charge on any atom is 0.286 e. The molecule has 0 saturated carbocycles. The molecule has 16 heavy (non-hydrogen) atoms. The van der Waals surface area contributed by atoms with Crippen molar-refractivity contribution in [2.24, 2.45) is 0 Å². The Morgan fingerprint density at radius 2 is 2.19 bits per heavy atom. The first-order chi connectivity index (χ1) is 7.56. The molecule has 7 heteroatoms. The van der Waals surface area contributed by atoms with Gasteiger partial charge in [-0.1, -0.05) is 0 Å². The van der Waals surface area contributed by atoms with Gasteiger partial charge in [-0.3, -0.25) is 14.9 Å². The third-order valence-electron chi connectivity index (χ3n) is 2.05. The SMILES string of the molecule is O=c1c(Br)cc([N+](=O)[O-])cn1CCCCS. The monoisotopic (exact) mass is 306 g/mol. The van der Waals surface area contributed by atoms with Crippen molar-refractivity contribution < 1.29 is 4.92 Å². The molecule has 0 aliphatic rings. The van der Waals surface area contributed by atoms with Crippen molar-refractivity contribution in [2.75, 3.05) is 5.75 Å². The lowest BCUT2D eigenvalue weighted by Gasteiger charge is -2.05. The summed E-state index contributed by atoms with van der Waals surface area (Å²) < 4.78 is 1.57. The number of thiol groups is 1. The Kier molecular flexibility index (Phi) is 5.01. The fourth-order valence-electron chi connectivity index (χ4n) is 1.24. The summed E-state index contributed by atoms with van der Waals surface area (Å²) in [6.45, 7) is 0.472. The van der Waals surface area contributed by atoms with Crippen LogP contribution in [0.2, 0.25) is 0 Å². The van der Waals surface area contributed by atoms with Gasteiger partial charge in [0.1, 0.15) is 0 Å². The van der Waals surface area contributed by atoms with Crippen LogP contribution < -0.4 is 5.56 Å². The lowest BCUT2D eigenvalue weighted by Crippen LogP contribution is -2.20. The van der Waals surface area contributed by atoms with E-state index in [9.17, 15) is 14.9 Å². The molecule has 1 aromatic heterocycles. The molecule has 0 fully saturated rings. The zero-order chi connectivity index (χ0) is 12.1. The van der Waals surface area contributed by atoms with Crippen molar-refractivity contribution in [3.8, 4) is 0 Å². The Bertz CT molecular complexity index is 447. The van der Waals surface area contributed by atoms with Gasteiger partial charge < -0.3 is 4.57 Å². The molecule has 0 radical (unpaired) electrons. The van der Waals surface area contributed by atoms with Gasteiger partial charge in [0.2, 0.25) is 0 Å². The van der Waals surface area contributed by atoms with E-state index < -0.39 is 4.92 Å². The molecule has 0 bridgehead atoms. The second-order valence-corrected chi connectivity index (χ2v) is 4.53. The minimum atomic E-state index is -0.515. The normalized spacial score (nSPS) is 10.4. The van der Waals surface area contributed by atoms with Crippen molar-refractivity contribution in [1.82, 2.24) is 4.57 Å². The van der Waals surface area contributed by atoms with Gasteiger partial charge >= 0.3 is 0 Å². The number of nitrogens with zero attached hydrogens (tertiary/aromatic N) is 2. The first-order valence-electron chi connectivity index (χ1n) is 4.71. The number of pyridine rings is 1. The van der Waals surface area contributed by atoms with Crippen LogP contribution in [0.25, 0.3) is 0 Å². The molecule has 0 atom stereocenters. The van der Waals surface area contributed by atoms with E-state index in [1.165, 1.54) is 16.8 Å². The lowest BCUT2D eigenvalue weighted by molar-refractivity contribution is -0.385. The molecule has 5 nitrogen and oxygen atoms in total. The highest BCUT2D eigenvalue weighted by molar-refractivity contribution is 9.10. The average Bonchev–Trinajstić information content (AvgIpc) is 2.24.